The predicted octanol–water partition coefficient (Wildman–Crippen LogP) is -0.664. The molecule has 1 aromatic heterocycles. The topological polar surface area (TPSA) is 0 Å². The highest BCUT2D eigenvalue weighted by molar-refractivity contribution is 7.19. The highest BCUT2D eigenvalue weighted by Gasteiger charge is 1.83. The van der Waals surface area contributed by atoms with Crippen LogP contribution in [0.2, 0.25) is 0 Å². The second-order valence-electron chi connectivity index (χ2n) is 1.28. The zero-order valence-electron chi connectivity index (χ0n) is 3.72. The van der Waals surface area contributed by atoms with Gasteiger partial charge in [-0.05, 0) is 10.2 Å². The number of rotatable bonds is 0. The molecule has 0 saturated carbocycles. The Balaban J connectivity index is 3.04. The Hall–Kier alpha value is -0.170. The average Bonchev–Trinajstić information content (AvgIpc) is 1.87. The summed E-state index contributed by atoms with van der Waals surface area (Å²) >= 11 is 1.46. The van der Waals surface area contributed by atoms with Crippen molar-refractivity contribution < 1.29 is 0 Å². The van der Waals surface area contributed by atoms with Gasteiger partial charge in [-0.2, -0.15) is 11.3 Å². The van der Waals surface area contributed by atoms with E-state index in [1.807, 2.05) is 5.38 Å². The van der Waals surface area contributed by atoms with Crippen molar-refractivity contribution >= 4 is 37.3 Å². The predicted molar refractivity (Wildman–Crippen MR) is 35.1 cm³/mol. The molecule has 4 radical (unpaired) electrons. The third-order valence-electron chi connectivity index (χ3n) is 0.640. The Morgan fingerprint density at radius 2 is 2.14 bits per heavy atom. The molecule has 0 nitrogen and oxygen atoms in total. The molecule has 0 spiro atoms. The molecule has 3 heteroatoms. The van der Waals surface area contributed by atoms with E-state index in [0.29, 0.717) is 0 Å². The van der Waals surface area contributed by atoms with Crippen LogP contribution in [0.4, 0.5) is 0 Å². The molecule has 0 atom stereocenters. The van der Waals surface area contributed by atoms with E-state index in [-0.39, 0.29) is 0 Å². The summed E-state index contributed by atoms with van der Waals surface area (Å²) in [5.74, 6) is 0. The molecule has 1 aromatic rings. The molecule has 1 heterocycles. The Morgan fingerprint density at radius 3 is 2.29 bits per heavy atom. The summed E-state index contributed by atoms with van der Waals surface area (Å²) < 4.78 is 0.775. The molecular formula is C4H2B2S. The lowest BCUT2D eigenvalue weighted by Gasteiger charge is -1.70. The number of thiophene rings is 1. The summed E-state index contributed by atoms with van der Waals surface area (Å²) in [4.78, 5) is 0. The molecule has 0 saturated heterocycles. The first kappa shape index (κ1) is 4.98. The van der Waals surface area contributed by atoms with Crippen molar-refractivity contribution in [1.82, 2.24) is 0 Å². The van der Waals surface area contributed by atoms with Crippen molar-refractivity contribution in [2.75, 3.05) is 0 Å². The first-order valence-electron chi connectivity index (χ1n) is 1.88. The van der Waals surface area contributed by atoms with E-state index >= 15 is 0 Å². The molecule has 30 valence electrons. The lowest BCUT2D eigenvalue weighted by Crippen LogP contribution is -1.99. The van der Waals surface area contributed by atoms with E-state index in [2.05, 4.69) is 0 Å². The van der Waals surface area contributed by atoms with Gasteiger partial charge in [0, 0.05) is 0 Å². The molecule has 1 rings (SSSR count). The SMILES string of the molecule is [B]c1csc([B])c1. The van der Waals surface area contributed by atoms with Gasteiger partial charge in [0.1, 0.15) is 15.7 Å². The minimum absolute atomic E-state index is 0.752. The van der Waals surface area contributed by atoms with E-state index in [9.17, 15) is 0 Å². The summed E-state index contributed by atoms with van der Waals surface area (Å²) in [6, 6.07) is 1.74. The molecule has 0 aliphatic rings. The van der Waals surface area contributed by atoms with Gasteiger partial charge in [-0.15, -0.1) is 0 Å². The normalized spacial score (nSPS) is 9.14. The van der Waals surface area contributed by atoms with Gasteiger partial charge in [-0.1, -0.05) is 11.5 Å². The monoisotopic (exact) mass is 104 g/mol. The Labute approximate surface area is 49.4 Å². The maximum atomic E-state index is 5.32. The van der Waals surface area contributed by atoms with E-state index in [0.717, 1.165) is 10.2 Å². The minimum Gasteiger partial charge on any atom is -0.161 e. The molecule has 0 aliphatic heterocycles. The van der Waals surface area contributed by atoms with Crippen molar-refractivity contribution in [1.29, 1.82) is 0 Å². The highest BCUT2D eigenvalue weighted by Crippen LogP contribution is 1.83. The molecule has 0 N–H and O–H groups in total. The third-order valence-corrected chi connectivity index (χ3v) is 1.42. The fourth-order valence-corrected chi connectivity index (χ4v) is 0.913. The number of hydrogen-bond acceptors (Lipinski definition) is 1. The van der Waals surface area contributed by atoms with Crippen LogP contribution >= 0.6 is 11.3 Å². The highest BCUT2D eigenvalue weighted by atomic mass is 32.1. The van der Waals surface area contributed by atoms with Crippen LogP contribution in [0, 0.1) is 0 Å². The second kappa shape index (κ2) is 1.74. The van der Waals surface area contributed by atoms with Crippen molar-refractivity contribution in [3.05, 3.63) is 11.4 Å². The largest absolute Gasteiger partial charge is 0.161 e. The van der Waals surface area contributed by atoms with Crippen molar-refractivity contribution in [3.8, 4) is 0 Å². The van der Waals surface area contributed by atoms with E-state index < -0.39 is 0 Å². The summed E-state index contributed by atoms with van der Waals surface area (Å²) in [6.45, 7) is 0. The molecule has 0 amide bonds. The van der Waals surface area contributed by atoms with Crippen LogP contribution < -0.4 is 10.2 Å². The van der Waals surface area contributed by atoms with E-state index in [1.165, 1.54) is 11.3 Å². The Kier molecular flexibility index (Phi) is 1.24. The van der Waals surface area contributed by atoms with Gasteiger partial charge < -0.3 is 0 Å². The Morgan fingerprint density at radius 1 is 1.43 bits per heavy atom. The van der Waals surface area contributed by atoms with Crippen LogP contribution in [-0.4, -0.2) is 15.7 Å². The van der Waals surface area contributed by atoms with Gasteiger partial charge in [0.2, 0.25) is 0 Å². The molecule has 0 bridgehead atoms. The van der Waals surface area contributed by atoms with Crippen LogP contribution in [0.25, 0.3) is 0 Å². The van der Waals surface area contributed by atoms with Gasteiger partial charge in [-0.3, -0.25) is 0 Å². The standard InChI is InChI=1S/C4H2B2S/c5-3-1-4(6)7-2-3/h1-2H. The zero-order chi connectivity index (χ0) is 5.28. The lowest BCUT2D eigenvalue weighted by atomic mass is 9.97. The zero-order valence-corrected chi connectivity index (χ0v) is 4.53. The van der Waals surface area contributed by atoms with Gasteiger partial charge >= 0.3 is 0 Å². The van der Waals surface area contributed by atoms with Crippen molar-refractivity contribution in [2.45, 2.75) is 0 Å². The van der Waals surface area contributed by atoms with Gasteiger partial charge in [0.15, 0.2) is 0 Å². The molecule has 7 heavy (non-hydrogen) atoms. The summed E-state index contributed by atoms with van der Waals surface area (Å²) in [7, 11) is 10.6. The van der Waals surface area contributed by atoms with Crippen molar-refractivity contribution in [3.63, 3.8) is 0 Å². The summed E-state index contributed by atoms with van der Waals surface area (Å²) in [5, 5.41) is 1.81. The molecule has 0 fully saturated rings. The molecule has 0 unspecified atom stereocenters. The smallest absolute Gasteiger partial charge is 0.128 e. The van der Waals surface area contributed by atoms with Gasteiger partial charge in [0.25, 0.3) is 0 Å². The van der Waals surface area contributed by atoms with Crippen LogP contribution in [0.5, 0.6) is 0 Å². The molecule has 0 aromatic carbocycles. The summed E-state index contributed by atoms with van der Waals surface area (Å²) in [6.07, 6.45) is 0. The molecular weight excluding hydrogens is 102 g/mol. The third kappa shape index (κ3) is 1.10. The fourth-order valence-electron chi connectivity index (χ4n) is 0.368. The maximum absolute atomic E-state index is 5.32. The lowest BCUT2D eigenvalue weighted by molar-refractivity contribution is 2.22. The quantitative estimate of drug-likeness (QED) is 0.383. The minimum atomic E-state index is 0.752. The van der Waals surface area contributed by atoms with Crippen LogP contribution in [0.15, 0.2) is 11.4 Å². The van der Waals surface area contributed by atoms with Gasteiger partial charge in [0.05, 0.1) is 0 Å². The van der Waals surface area contributed by atoms with E-state index in [4.69, 9.17) is 15.7 Å². The van der Waals surface area contributed by atoms with Gasteiger partial charge in [-0.25, -0.2) is 0 Å². The van der Waals surface area contributed by atoms with Crippen molar-refractivity contribution in [2.24, 2.45) is 0 Å². The molecule has 0 aliphatic carbocycles. The van der Waals surface area contributed by atoms with E-state index in [1.54, 1.807) is 6.07 Å². The number of hydrogen-bond donors (Lipinski definition) is 0. The first-order valence-corrected chi connectivity index (χ1v) is 2.76. The maximum Gasteiger partial charge on any atom is 0.128 e. The summed E-state index contributed by atoms with van der Waals surface area (Å²) in [5.41, 5.74) is 0.752. The Bertz CT molecular complexity index is 142. The first-order chi connectivity index (χ1) is 3.29. The fraction of sp³-hybridized carbons (Fsp3) is 0. The second-order valence-corrected chi connectivity index (χ2v) is 2.23. The van der Waals surface area contributed by atoms with Crippen LogP contribution in [0.1, 0.15) is 0 Å². The van der Waals surface area contributed by atoms with Crippen LogP contribution in [-0.2, 0) is 0 Å². The average molecular weight is 104 g/mol. The van der Waals surface area contributed by atoms with Crippen LogP contribution in [0.3, 0.4) is 0 Å².